The predicted octanol–water partition coefficient (Wildman–Crippen LogP) is 6.20. The molecule has 0 heterocycles. The second-order valence-corrected chi connectivity index (χ2v) is 15.6. The van der Waals surface area contributed by atoms with Gasteiger partial charge in [0.15, 0.2) is 17.4 Å². The smallest absolute Gasteiger partial charge is 0.317 e. The number of halogens is 2. The maximum absolute atomic E-state index is 14.5. The van der Waals surface area contributed by atoms with E-state index in [2.05, 4.69) is 37.4 Å². The van der Waals surface area contributed by atoms with Crippen LogP contribution >= 0.6 is 0 Å². The summed E-state index contributed by atoms with van der Waals surface area (Å²) >= 11 is 0. The topological polar surface area (TPSA) is 99.1 Å². The molecule has 2 amide bonds. The van der Waals surface area contributed by atoms with Crippen molar-refractivity contribution in [3.8, 4) is 0 Å². The zero-order valence-electron chi connectivity index (χ0n) is 27.9. The highest BCUT2D eigenvalue weighted by molar-refractivity contribution is 6.10. The maximum atomic E-state index is 14.5. The second-order valence-electron chi connectivity index (χ2n) is 15.6. The number of urea groups is 1. The minimum Gasteiger partial charge on any atom is -0.393 e. The van der Waals surface area contributed by atoms with Crippen LogP contribution in [0.15, 0.2) is 42.0 Å². The van der Waals surface area contributed by atoms with Gasteiger partial charge in [0, 0.05) is 53.7 Å². The fraction of sp³-hybridized carbons (Fsp3) is 0.676. The number of carbonyl (C=O) groups is 2. The number of carbonyl (C=O) groups excluding carboxylic acids is 2. The Labute approximate surface area is 271 Å². The molecule has 3 saturated carbocycles. The van der Waals surface area contributed by atoms with Crippen LogP contribution in [0.5, 0.6) is 0 Å². The number of hydrogen-bond donors (Lipinski definition) is 3. The highest BCUT2D eigenvalue weighted by atomic mass is 19.2. The number of aliphatic hydroxyl groups is 2. The first kappa shape index (κ1) is 33.3. The van der Waals surface area contributed by atoms with Crippen molar-refractivity contribution in [3.05, 3.63) is 59.2 Å². The minimum atomic E-state index is -1.21. The number of nitrogens with one attached hydrogen (secondary N) is 1. The van der Waals surface area contributed by atoms with Crippen LogP contribution < -0.4 is 5.32 Å². The molecule has 2 bridgehead atoms. The first-order valence-electron chi connectivity index (χ1n) is 17.0. The Morgan fingerprint density at radius 3 is 2.43 bits per heavy atom. The molecule has 2 spiro atoms. The van der Waals surface area contributed by atoms with E-state index in [4.69, 9.17) is 4.74 Å². The predicted molar refractivity (Wildman–Crippen MR) is 171 cm³/mol. The molecule has 6 aliphatic carbocycles. The first-order valence-corrected chi connectivity index (χ1v) is 17.0. The maximum Gasteiger partial charge on any atom is 0.317 e. The number of rotatable bonds is 9. The summed E-state index contributed by atoms with van der Waals surface area (Å²) in [5, 5.41) is 26.6. The van der Waals surface area contributed by atoms with Crippen molar-refractivity contribution in [2.24, 2.45) is 33.5 Å². The molecule has 8 atom stereocenters. The molecule has 0 radical (unpaired) electrons. The third-order valence-electron chi connectivity index (χ3n) is 13.1. The normalized spacial score (nSPS) is 39.0. The molecule has 7 rings (SSSR count). The van der Waals surface area contributed by atoms with Gasteiger partial charge in [-0.25, -0.2) is 13.6 Å². The molecule has 252 valence electrons. The van der Waals surface area contributed by atoms with Crippen molar-refractivity contribution in [1.29, 1.82) is 0 Å². The van der Waals surface area contributed by atoms with Gasteiger partial charge >= 0.3 is 6.03 Å². The fourth-order valence-electron chi connectivity index (χ4n) is 10.7. The number of Topliss-reactive ketones (excluding diaryl/α,β-unsaturated/α-hetero) is 1. The molecule has 3 fully saturated rings. The third-order valence-corrected chi connectivity index (χ3v) is 13.1. The van der Waals surface area contributed by atoms with Gasteiger partial charge in [0.05, 0.1) is 18.2 Å². The van der Waals surface area contributed by atoms with Crippen molar-refractivity contribution < 1.29 is 33.3 Å². The highest BCUT2D eigenvalue weighted by Gasteiger charge is 2.74. The number of ether oxygens (including phenoxy) is 1. The van der Waals surface area contributed by atoms with Crippen molar-refractivity contribution in [1.82, 2.24) is 10.2 Å². The number of ketones is 1. The number of aliphatic hydroxyl groups excluding tert-OH is 1. The Balaban J connectivity index is 1.44. The fourth-order valence-corrected chi connectivity index (χ4v) is 10.7. The summed E-state index contributed by atoms with van der Waals surface area (Å²) in [7, 11) is 1.63. The molecule has 1 unspecified atom stereocenters. The van der Waals surface area contributed by atoms with Gasteiger partial charge in [-0.3, -0.25) is 4.79 Å². The Morgan fingerprint density at radius 1 is 1.04 bits per heavy atom. The molecule has 0 aromatic heterocycles. The first-order chi connectivity index (χ1) is 21.7. The zero-order chi connectivity index (χ0) is 33.3. The monoisotopic (exact) mass is 640 g/mol. The van der Waals surface area contributed by atoms with Crippen LogP contribution in [-0.4, -0.2) is 71.5 Å². The van der Waals surface area contributed by atoms with Gasteiger partial charge < -0.3 is 25.2 Å². The van der Waals surface area contributed by atoms with E-state index in [-0.39, 0.29) is 47.2 Å². The summed E-state index contributed by atoms with van der Waals surface area (Å²) < 4.78 is 33.7. The number of benzene rings is 1. The Hall–Kier alpha value is -2.62. The average Bonchev–Trinajstić information content (AvgIpc) is 3.27. The average molecular weight is 641 g/mol. The number of allylic oxidation sites excluding steroid dienone is 4. The molecule has 0 aliphatic heterocycles. The van der Waals surface area contributed by atoms with E-state index in [0.717, 1.165) is 31.4 Å². The lowest BCUT2D eigenvalue weighted by Crippen LogP contribution is -2.67. The highest BCUT2D eigenvalue weighted by Crippen LogP contribution is 2.78. The Morgan fingerprint density at radius 2 is 1.74 bits per heavy atom. The molecule has 9 heteroatoms. The lowest BCUT2D eigenvalue weighted by molar-refractivity contribution is -0.174. The molecule has 0 saturated heterocycles. The van der Waals surface area contributed by atoms with Crippen LogP contribution in [-0.2, 0) is 4.74 Å². The van der Waals surface area contributed by atoms with Gasteiger partial charge in [-0.2, -0.15) is 0 Å². The van der Waals surface area contributed by atoms with E-state index in [9.17, 15) is 28.6 Å². The summed E-state index contributed by atoms with van der Waals surface area (Å²) in [5.41, 5.74) is -2.66. The molecular formula is C37H50F2N2O5. The van der Waals surface area contributed by atoms with Crippen LogP contribution in [0.1, 0.15) is 89.4 Å². The Kier molecular flexibility index (Phi) is 8.33. The molecule has 3 N–H and O–H groups in total. The van der Waals surface area contributed by atoms with Gasteiger partial charge in [-0.05, 0) is 101 Å². The summed E-state index contributed by atoms with van der Waals surface area (Å²) in [6, 6.07) is 3.06. The van der Waals surface area contributed by atoms with E-state index >= 15 is 0 Å². The van der Waals surface area contributed by atoms with Crippen LogP contribution in [0.3, 0.4) is 0 Å². The van der Waals surface area contributed by atoms with Gasteiger partial charge in [-0.1, -0.05) is 32.1 Å². The summed E-state index contributed by atoms with van der Waals surface area (Å²) in [6.45, 7) is 9.34. The van der Waals surface area contributed by atoms with E-state index in [1.54, 1.807) is 12.0 Å². The van der Waals surface area contributed by atoms with Crippen molar-refractivity contribution >= 4 is 11.8 Å². The molecule has 7 nitrogen and oxygen atoms in total. The van der Waals surface area contributed by atoms with E-state index in [0.29, 0.717) is 50.8 Å². The summed E-state index contributed by atoms with van der Waals surface area (Å²) in [6.07, 6.45) is 11.2. The minimum absolute atomic E-state index is 0.0621. The summed E-state index contributed by atoms with van der Waals surface area (Å²) in [5.74, 6) is -2.46. The van der Waals surface area contributed by atoms with Gasteiger partial charge in [0.25, 0.3) is 0 Å². The second kappa shape index (κ2) is 11.5. The van der Waals surface area contributed by atoms with E-state index < -0.39 is 39.6 Å². The molecule has 1 aromatic carbocycles. The molecule has 6 aliphatic rings. The molecule has 46 heavy (non-hydrogen) atoms. The SMILES string of the molecule is COCCCN(C[C@]1(O)CC[C@H]2[C@]34C=C[C@@]5(C=C3C(=O)c3ccc(F)c(F)c3)CC(O)CC[C@]5(C)[C@H]4CC[C@@]21C)C(=O)NC(C)C. The van der Waals surface area contributed by atoms with Crippen LogP contribution in [0, 0.1) is 45.1 Å². The standard InChI is InChI=1S/C37H50F2N2O5/c1-23(2)40-32(44)41(17-6-18-46-5)22-36(45)14-11-30-34(36,4)13-10-29-33(3)12-9-25(42)20-35(33)15-16-37(29,30)26(21-35)31(43)24-7-8-27(38)28(39)19-24/h7-8,15-16,19,21,23,25,29-30,42,45H,6,9-14,17-18,20,22H2,1-5H3,(H,40,44)/t25?,29-,30-,33-,34+,35+,36-,37-/m1/s1. The zero-order valence-corrected chi connectivity index (χ0v) is 27.9. The lowest BCUT2D eigenvalue weighted by Gasteiger charge is -2.71. The molecular weight excluding hydrogens is 590 g/mol. The van der Waals surface area contributed by atoms with Crippen LogP contribution in [0.4, 0.5) is 13.6 Å². The number of hydrogen-bond acceptors (Lipinski definition) is 5. The Bertz CT molecular complexity index is 1460. The van der Waals surface area contributed by atoms with Gasteiger partial charge in [0.1, 0.15) is 0 Å². The van der Waals surface area contributed by atoms with Crippen molar-refractivity contribution in [2.45, 2.75) is 96.8 Å². The number of amides is 2. The van der Waals surface area contributed by atoms with Crippen molar-refractivity contribution in [2.75, 3.05) is 26.8 Å². The quantitative estimate of drug-likeness (QED) is 0.170. The van der Waals surface area contributed by atoms with Gasteiger partial charge in [0.2, 0.25) is 0 Å². The van der Waals surface area contributed by atoms with Crippen LogP contribution in [0.25, 0.3) is 0 Å². The van der Waals surface area contributed by atoms with E-state index in [1.807, 2.05) is 13.8 Å². The third kappa shape index (κ3) is 4.73. The lowest BCUT2D eigenvalue weighted by atomic mass is 9.32. The van der Waals surface area contributed by atoms with Crippen molar-refractivity contribution in [3.63, 3.8) is 0 Å². The number of fused-ring (bicyclic) bond motifs is 1. The number of methoxy groups -OCH3 is 1. The largest absolute Gasteiger partial charge is 0.393 e. The summed E-state index contributed by atoms with van der Waals surface area (Å²) in [4.78, 5) is 29.6. The number of nitrogens with zero attached hydrogens (tertiary/aromatic N) is 1. The van der Waals surface area contributed by atoms with Gasteiger partial charge in [-0.15, -0.1) is 0 Å². The van der Waals surface area contributed by atoms with E-state index in [1.165, 1.54) is 6.07 Å². The molecule has 1 aromatic rings. The van der Waals surface area contributed by atoms with Crippen LogP contribution in [0.2, 0.25) is 0 Å².